The average Bonchev–Trinajstić information content (AvgIpc) is 2.57. The Hall–Kier alpha value is -2.09. The number of aliphatic carboxylic acids is 1. The zero-order chi connectivity index (χ0) is 19.8. The van der Waals surface area contributed by atoms with Crippen molar-refractivity contribution in [3.8, 4) is 0 Å². The van der Waals surface area contributed by atoms with Crippen LogP contribution in [-0.4, -0.2) is 11.1 Å². The first-order valence-corrected chi connectivity index (χ1v) is 10.1. The van der Waals surface area contributed by atoms with E-state index in [9.17, 15) is 4.79 Å². The Morgan fingerprint density at radius 2 is 1.63 bits per heavy atom. The van der Waals surface area contributed by atoms with E-state index in [1.165, 1.54) is 40.7 Å². The summed E-state index contributed by atoms with van der Waals surface area (Å²) in [5.74, 6) is -0.287. The van der Waals surface area contributed by atoms with Gasteiger partial charge in [-0.2, -0.15) is 0 Å². The molecule has 0 fully saturated rings. The van der Waals surface area contributed by atoms with Gasteiger partial charge in [-0.3, -0.25) is 0 Å². The lowest BCUT2D eigenvalue weighted by atomic mass is 9.61. The van der Waals surface area contributed by atoms with Gasteiger partial charge in [0.05, 0.1) is 0 Å². The molecule has 0 saturated carbocycles. The fourth-order valence-electron chi connectivity index (χ4n) is 4.59. The minimum Gasteiger partial charge on any atom is -0.478 e. The average molecular weight is 365 g/mol. The highest BCUT2D eigenvalue weighted by molar-refractivity contribution is 5.80. The second kappa shape index (κ2) is 7.14. The second-order valence-electron chi connectivity index (χ2n) is 9.61. The maximum atomic E-state index is 10.6. The number of benzene rings is 1. The summed E-state index contributed by atoms with van der Waals surface area (Å²) in [6, 6.07) is 4.95. The lowest BCUT2D eigenvalue weighted by Crippen LogP contribution is -2.34. The van der Waals surface area contributed by atoms with E-state index in [0.29, 0.717) is 5.92 Å². The number of carboxylic acids is 1. The van der Waals surface area contributed by atoms with Gasteiger partial charge in [-0.15, -0.1) is 0 Å². The zero-order valence-corrected chi connectivity index (χ0v) is 17.3. The first kappa shape index (κ1) is 19.7. The zero-order valence-electron chi connectivity index (χ0n) is 17.3. The van der Waals surface area contributed by atoms with Gasteiger partial charge in [0.2, 0.25) is 0 Å². The summed E-state index contributed by atoms with van der Waals surface area (Å²) in [7, 11) is 0. The van der Waals surface area contributed by atoms with Gasteiger partial charge >= 0.3 is 5.97 Å². The highest BCUT2D eigenvalue weighted by Crippen LogP contribution is 2.48. The molecule has 0 heterocycles. The van der Waals surface area contributed by atoms with Crippen molar-refractivity contribution in [2.75, 3.05) is 0 Å². The van der Waals surface area contributed by atoms with Crippen molar-refractivity contribution in [1.29, 1.82) is 0 Å². The molecule has 0 saturated heterocycles. The standard InChI is InChI=1S/C25H32O2/c1-17-13-18(9-7-6-8-10-23(26)27)20-16-22-21(15-19(20)14-17)24(2,3)11-12-25(22,4)5/h6-10,15-17H,11-14H2,1-5H3,(H,26,27). The van der Waals surface area contributed by atoms with E-state index in [4.69, 9.17) is 5.11 Å². The van der Waals surface area contributed by atoms with Gasteiger partial charge in [0.15, 0.2) is 0 Å². The molecule has 0 aliphatic heterocycles. The van der Waals surface area contributed by atoms with Gasteiger partial charge in [-0.25, -0.2) is 4.79 Å². The van der Waals surface area contributed by atoms with Crippen LogP contribution in [0.15, 0.2) is 42.5 Å². The molecule has 1 atom stereocenters. The Morgan fingerprint density at radius 3 is 2.26 bits per heavy atom. The van der Waals surface area contributed by atoms with Crippen LogP contribution < -0.4 is 0 Å². The highest BCUT2D eigenvalue weighted by atomic mass is 16.4. The normalized spacial score (nSPS) is 24.9. The van der Waals surface area contributed by atoms with E-state index in [2.05, 4.69) is 52.8 Å². The molecule has 27 heavy (non-hydrogen) atoms. The third kappa shape index (κ3) is 4.10. The van der Waals surface area contributed by atoms with Crippen LogP contribution in [0.25, 0.3) is 5.57 Å². The Labute approximate surface area is 163 Å². The number of hydrogen-bond acceptors (Lipinski definition) is 1. The highest BCUT2D eigenvalue weighted by Gasteiger charge is 2.38. The molecule has 0 spiro atoms. The molecule has 2 heteroatoms. The lowest BCUT2D eigenvalue weighted by molar-refractivity contribution is -0.131. The molecule has 0 bridgehead atoms. The van der Waals surface area contributed by atoms with Crippen molar-refractivity contribution in [3.63, 3.8) is 0 Å². The van der Waals surface area contributed by atoms with Crippen molar-refractivity contribution in [3.05, 3.63) is 64.8 Å². The summed E-state index contributed by atoms with van der Waals surface area (Å²) in [6.45, 7) is 11.8. The summed E-state index contributed by atoms with van der Waals surface area (Å²) < 4.78 is 0. The lowest BCUT2D eigenvalue weighted by Gasteiger charge is -2.43. The van der Waals surface area contributed by atoms with Crippen LogP contribution in [-0.2, 0) is 22.0 Å². The maximum absolute atomic E-state index is 10.6. The van der Waals surface area contributed by atoms with Crippen molar-refractivity contribution in [1.82, 2.24) is 0 Å². The molecule has 1 N–H and O–H groups in total. The summed E-state index contributed by atoms with van der Waals surface area (Å²) >= 11 is 0. The Kier molecular flexibility index (Phi) is 5.20. The van der Waals surface area contributed by atoms with E-state index >= 15 is 0 Å². The molecule has 1 aromatic carbocycles. The van der Waals surface area contributed by atoms with E-state index in [1.54, 1.807) is 12.2 Å². The van der Waals surface area contributed by atoms with Crippen LogP contribution in [0.1, 0.15) is 76.1 Å². The van der Waals surface area contributed by atoms with E-state index in [1.807, 2.05) is 6.08 Å². The van der Waals surface area contributed by atoms with E-state index in [-0.39, 0.29) is 10.8 Å². The van der Waals surface area contributed by atoms with Crippen LogP contribution in [0.4, 0.5) is 0 Å². The summed E-state index contributed by atoms with van der Waals surface area (Å²) in [6.07, 6.45) is 13.3. The van der Waals surface area contributed by atoms with Gasteiger partial charge in [0.25, 0.3) is 0 Å². The SMILES string of the molecule is CC1CC(=CC=CC=CC(=O)O)c2cc3c(cc2C1)C(C)(C)CCC3(C)C. The van der Waals surface area contributed by atoms with Crippen molar-refractivity contribution < 1.29 is 9.90 Å². The third-order valence-corrected chi connectivity index (χ3v) is 6.32. The Morgan fingerprint density at radius 1 is 1.00 bits per heavy atom. The molecule has 0 aromatic heterocycles. The van der Waals surface area contributed by atoms with Crippen LogP contribution in [0.5, 0.6) is 0 Å². The monoisotopic (exact) mass is 364 g/mol. The first-order chi connectivity index (χ1) is 12.6. The van der Waals surface area contributed by atoms with Crippen LogP contribution in [0.2, 0.25) is 0 Å². The van der Waals surface area contributed by atoms with E-state index < -0.39 is 5.97 Å². The van der Waals surface area contributed by atoms with Crippen molar-refractivity contribution >= 4 is 11.5 Å². The molecule has 144 valence electrons. The number of hydrogen-bond donors (Lipinski definition) is 1. The number of carboxylic acid groups (broad SMARTS) is 1. The molecule has 3 rings (SSSR count). The summed E-state index contributed by atoms with van der Waals surface area (Å²) in [5.41, 5.74) is 7.73. The quantitative estimate of drug-likeness (QED) is 0.512. The minimum atomic E-state index is -0.916. The van der Waals surface area contributed by atoms with Crippen molar-refractivity contribution in [2.24, 2.45) is 5.92 Å². The van der Waals surface area contributed by atoms with Crippen molar-refractivity contribution in [2.45, 2.75) is 71.1 Å². The topological polar surface area (TPSA) is 37.3 Å². The molecule has 2 aliphatic rings. The summed E-state index contributed by atoms with van der Waals surface area (Å²) in [5, 5.41) is 8.69. The fraction of sp³-hybridized carbons (Fsp3) is 0.480. The predicted molar refractivity (Wildman–Crippen MR) is 113 cm³/mol. The van der Waals surface area contributed by atoms with Gasteiger partial charge in [-0.05, 0) is 70.3 Å². The minimum absolute atomic E-state index is 0.216. The molecule has 0 radical (unpaired) electrons. The number of carbonyl (C=O) groups is 1. The largest absolute Gasteiger partial charge is 0.478 e. The van der Waals surface area contributed by atoms with Gasteiger partial charge in [0.1, 0.15) is 0 Å². The Bertz CT molecular complexity index is 834. The van der Waals surface area contributed by atoms with Gasteiger partial charge in [-0.1, -0.05) is 71.1 Å². The molecular weight excluding hydrogens is 332 g/mol. The second-order valence-corrected chi connectivity index (χ2v) is 9.61. The summed E-state index contributed by atoms with van der Waals surface area (Å²) in [4.78, 5) is 10.6. The predicted octanol–water partition coefficient (Wildman–Crippen LogP) is 6.20. The third-order valence-electron chi connectivity index (χ3n) is 6.32. The molecule has 2 aliphatic carbocycles. The molecule has 1 aromatic rings. The molecule has 0 amide bonds. The molecule has 1 unspecified atom stereocenters. The van der Waals surface area contributed by atoms with E-state index in [0.717, 1.165) is 18.9 Å². The van der Waals surface area contributed by atoms with Crippen LogP contribution in [0.3, 0.4) is 0 Å². The number of rotatable bonds is 3. The van der Waals surface area contributed by atoms with Crippen LogP contribution >= 0.6 is 0 Å². The van der Waals surface area contributed by atoms with Gasteiger partial charge in [0, 0.05) is 6.08 Å². The Balaban J connectivity index is 2.05. The number of allylic oxidation sites excluding steroid dienone is 5. The maximum Gasteiger partial charge on any atom is 0.328 e. The molecular formula is C25H32O2. The molecule has 2 nitrogen and oxygen atoms in total. The number of fused-ring (bicyclic) bond motifs is 2. The first-order valence-electron chi connectivity index (χ1n) is 10.1. The van der Waals surface area contributed by atoms with Gasteiger partial charge < -0.3 is 5.11 Å². The smallest absolute Gasteiger partial charge is 0.328 e. The fourth-order valence-corrected chi connectivity index (χ4v) is 4.59. The van der Waals surface area contributed by atoms with Crippen LogP contribution in [0, 0.1) is 5.92 Å².